The van der Waals surface area contributed by atoms with Gasteiger partial charge in [-0.2, -0.15) is 0 Å². The summed E-state index contributed by atoms with van der Waals surface area (Å²) < 4.78 is 12.2. The highest BCUT2D eigenvalue weighted by Crippen LogP contribution is 2.21. The second-order valence-corrected chi connectivity index (χ2v) is 4.50. The molecule has 0 fully saturated rings. The van der Waals surface area contributed by atoms with Crippen LogP contribution < -0.4 is 0 Å². The Morgan fingerprint density at radius 3 is 3.00 bits per heavy atom. The fraction of sp³-hybridized carbons (Fsp3) is 0.818. The lowest BCUT2D eigenvalue weighted by Gasteiger charge is -2.24. The molecule has 3 heteroatoms. The third-order valence-electron chi connectivity index (χ3n) is 2.34. The summed E-state index contributed by atoms with van der Waals surface area (Å²) in [6.45, 7) is 4.91. The van der Waals surface area contributed by atoms with Crippen LogP contribution in [0.15, 0.2) is 11.6 Å². The van der Waals surface area contributed by atoms with Crippen molar-refractivity contribution in [2.45, 2.75) is 45.5 Å². The third-order valence-corrected chi connectivity index (χ3v) is 3.05. The van der Waals surface area contributed by atoms with E-state index in [2.05, 4.69) is 35.6 Å². The molecule has 0 aromatic rings. The van der Waals surface area contributed by atoms with Crippen LogP contribution in [0.2, 0.25) is 0 Å². The van der Waals surface area contributed by atoms with Crippen LogP contribution in [-0.2, 0) is 9.47 Å². The minimum Gasteiger partial charge on any atom is -0.352 e. The molecule has 1 rings (SSSR count). The van der Waals surface area contributed by atoms with Crippen molar-refractivity contribution in [2.24, 2.45) is 0 Å². The molecule has 1 aliphatic carbocycles. The number of ether oxygens (including phenoxy) is 2. The predicted octanol–water partition coefficient (Wildman–Crippen LogP) is 3.30. The highest BCUT2D eigenvalue weighted by atomic mass is 127. The molecule has 0 heterocycles. The van der Waals surface area contributed by atoms with E-state index >= 15 is 0 Å². The van der Waals surface area contributed by atoms with Crippen molar-refractivity contribution in [3.63, 3.8) is 0 Å². The lowest BCUT2D eigenvalue weighted by molar-refractivity contribution is -0.143. The van der Waals surface area contributed by atoms with Crippen molar-refractivity contribution in [3.05, 3.63) is 11.6 Å². The van der Waals surface area contributed by atoms with Gasteiger partial charge in [0.1, 0.15) is 0 Å². The molecule has 1 aliphatic rings. The molecule has 0 N–H and O–H groups in total. The SMILES string of the molecule is CCOC(CI)O[C@@H]1C=C(C)CCC1. The van der Waals surface area contributed by atoms with Gasteiger partial charge in [0.15, 0.2) is 6.29 Å². The standard InChI is InChI=1S/C11H19IO2/c1-3-13-11(8-12)14-10-6-4-5-9(2)7-10/h7,10-11H,3-6,8H2,1-2H3/t10-,11?/m0/s1. The van der Waals surface area contributed by atoms with Crippen molar-refractivity contribution in [3.8, 4) is 0 Å². The molecule has 82 valence electrons. The molecule has 0 saturated carbocycles. The van der Waals surface area contributed by atoms with Crippen molar-refractivity contribution in [1.82, 2.24) is 0 Å². The molecule has 14 heavy (non-hydrogen) atoms. The summed E-state index contributed by atoms with van der Waals surface area (Å²) in [5, 5.41) is 0. The Morgan fingerprint density at radius 2 is 2.43 bits per heavy atom. The Kier molecular flexibility index (Phi) is 6.05. The molecule has 0 spiro atoms. The van der Waals surface area contributed by atoms with Gasteiger partial charge >= 0.3 is 0 Å². The van der Waals surface area contributed by atoms with Crippen LogP contribution in [-0.4, -0.2) is 23.4 Å². The van der Waals surface area contributed by atoms with Crippen LogP contribution in [0.4, 0.5) is 0 Å². The first-order valence-electron chi connectivity index (χ1n) is 5.26. The van der Waals surface area contributed by atoms with Gasteiger partial charge in [-0.1, -0.05) is 34.2 Å². The molecule has 0 aromatic carbocycles. The maximum absolute atomic E-state index is 5.85. The molecule has 0 bridgehead atoms. The zero-order chi connectivity index (χ0) is 10.4. The van der Waals surface area contributed by atoms with Gasteiger partial charge in [-0.3, -0.25) is 0 Å². The van der Waals surface area contributed by atoms with Crippen LogP contribution in [0.1, 0.15) is 33.1 Å². The Balaban J connectivity index is 2.37. The molecular formula is C11H19IO2. The average Bonchev–Trinajstić information content (AvgIpc) is 2.17. The largest absolute Gasteiger partial charge is 0.352 e. The number of alkyl halides is 1. The maximum atomic E-state index is 5.85. The molecule has 2 nitrogen and oxygen atoms in total. The minimum absolute atomic E-state index is 0.0345. The van der Waals surface area contributed by atoms with E-state index in [4.69, 9.17) is 9.47 Å². The summed E-state index contributed by atoms with van der Waals surface area (Å²) in [7, 11) is 0. The fourth-order valence-electron chi connectivity index (χ4n) is 1.67. The van der Waals surface area contributed by atoms with Gasteiger partial charge < -0.3 is 9.47 Å². The van der Waals surface area contributed by atoms with Crippen LogP contribution in [0.25, 0.3) is 0 Å². The Labute approximate surface area is 100 Å². The van der Waals surface area contributed by atoms with Gasteiger partial charge in [-0.25, -0.2) is 0 Å². The molecule has 0 aromatic heterocycles. The van der Waals surface area contributed by atoms with Crippen LogP contribution >= 0.6 is 22.6 Å². The predicted molar refractivity (Wildman–Crippen MR) is 66.8 cm³/mol. The van der Waals surface area contributed by atoms with E-state index in [1.54, 1.807) is 0 Å². The van der Waals surface area contributed by atoms with E-state index in [0.717, 1.165) is 17.5 Å². The fourth-order valence-corrected chi connectivity index (χ4v) is 2.14. The first-order chi connectivity index (χ1) is 6.76. The minimum atomic E-state index is -0.0345. The monoisotopic (exact) mass is 310 g/mol. The molecule has 1 unspecified atom stereocenters. The molecule has 0 amide bonds. The van der Waals surface area contributed by atoms with Gasteiger partial charge in [-0.15, -0.1) is 0 Å². The third kappa shape index (κ3) is 4.28. The van der Waals surface area contributed by atoms with E-state index in [1.807, 2.05) is 6.92 Å². The quantitative estimate of drug-likeness (QED) is 0.336. The lowest BCUT2D eigenvalue weighted by atomic mass is 9.99. The number of hydrogen-bond donors (Lipinski definition) is 0. The van der Waals surface area contributed by atoms with E-state index in [0.29, 0.717) is 0 Å². The van der Waals surface area contributed by atoms with Crippen LogP contribution in [0, 0.1) is 0 Å². The first kappa shape index (κ1) is 12.5. The molecule has 2 atom stereocenters. The zero-order valence-electron chi connectivity index (χ0n) is 8.96. The van der Waals surface area contributed by atoms with Crippen molar-refractivity contribution in [2.75, 3.05) is 11.0 Å². The smallest absolute Gasteiger partial charge is 0.167 e. The second-order valence-electron chi connectivity index (χ2n) is 3.62. The summed E-state index contributed by atoms with van der Waals surface area (Å²) in [6, 6.07) is 0. The highest BCUT2D eigenvalue weighted by molar-refractivity contribution is 14.1. The molecular weight excluding hydrogens is 291 g/mol. The Morgan fingerprint density at radius 1 is 1.64 bits per heavy atom. The maximum Gasteiger partial charge on any atom is 0.167 e. The first-order valence-corrected chi connectivity index (χ1v) is 6.79. The van der Waals surface area contributed by atoms with Gasteiger partial charge in [0.05, 0.1) is 10.5 Å². The van der Waals surface area contributed by atoms with E-state index in [9.17, 15) is 0 Å². The molecule has 0 saturated heterocycles. The summed E-state index contributed by atoms with van der Waals surface area (Å²) >= 11 is 2.30. The summed E-state index contributed by atoms with van der Waals surface area (Å²) in [5.74, 6) is 0. The molecule has 0 aliphatic heterocycles. The van der Waals surface area contributed by atoms with Crippen molar-refractivity contribution < 1.29 is 9.47 Å². The number of hydrogen-bond acceptors (Lipinski definition) is 2. The average molecular weight is 310 g/mol. The zero-order valence-corrected chi connectivity index (χ0v) is 11.1. The topological polar surface area (TPSA) is 18.5 Å². The number of rotatable bonds is 5. The normalized spacial score (nSPS) is 24.5. The van der Waals surface area contributed by atoms with Crippen LogP contribution in [0.5, 0.6) is 0 Å². The lowest BCUT2D eigenvalue weighted by Crippen LogP contribution is -2.26. The van der Waals surface area contributed by atoms with E-state index in [-0.39, 0.29) is 12.4 Å². The van der Waals surface area contributed by atoms with Crippen LogP contribution in [0.3, 0.4) is 0 Å². The van der Waals surface area contributed by atoms with Gasteiger partial charge in [0.25, 0.3) is 0 Å². The van der Waals surface area contributed by atoms with Crippen molar-refractivity contribution in [1.29, 1.82) is 0 Å². The van der Waals surface area contributed by atoms with E-state index in [1.165, 1.54) is 18.4 Å². The van der Waals surface area contributed by atoms with Crippen molar-refractivity contribution >= 4 is 22.6 Å². The Bertz CT molecular complexity index is 192. The van der Waals surface area contributed by atoms with E-state index < -0.39 is 0 Å². The Hall–Kier alpha value is 0.390. The van der Waals surface area contributed by atoms with Gasteiger partial charge in [-0.05, 0) is 33.1 Å². The molecule has 0 radical (unpaired) electrons. The second kappa shape index (κ2) is 6.80. The van der Waals surface area contributed by atoms with Gasteiger partial charge in [0.2, 0.25) is 0 Å². The number of halogens is 1. The summed E-state index contributed by atoms with van der Waals surface area (Å²) in [4.78, 5) is 0. The summed E-state index contributed by atoms with van der Waals surface area (Å²) in [5.41, 5.74) is 1.45. The number of allylic oxidation sites excluding steroid dienone is 1. The van der Waals surface area contributed by atoms with Gasteiger partial charge in [0, 0.05) is 6.61 Å². The highest BCUT2D eigenvalue weighted by Gasteiger charge is 2.16. The summed E-state index contributed by atoms with van der Waals surface area (Å²) in [6.07, 6.45) is 6.08.